The Morgan fingerprint density at radius 3 is 2.36 bits per heavy atom. The Morgan fingerprint density at radius 1 is 1.20 bits per heavy atom. The fourth-order valence-electron chi connectivity index (χ4n) is 1.82. The molecule has 9 heteroatoms. The third-order valence-electron chi connectivity index (χ3n) is 3.25. The Hall–Kier alpha value is -2.26. The van der Waals surface area contributed by atoms with Crippen molar-refractivity contribution < 1.29 is 22.4 Å². The molecule has 0 spiro atoms. The van der Waals surface area contributed by atoms with E-state index in [9.17, 15) is 22.4 Å². The van der Waals surface area contributed by atoms with E-state index in [1.807, 2.05) is 0 Å². The van der Waals surface area contributed by atoms with Gasteiger partial charge >= 0.3 is 0 Å². The number of primary amides is 1. The van der Waals surface area contributed by atoms with Gasteiger partial charge in [-0.1, -0.05) is 26.8 Å². The first kappa shape index (κ1) is 19.1. The first-order valence-electron chi connectivity index (χ1n) is 7.18. The summed E-state index contributed by atoms with van der Waals surface area (Å²) in [7, 11) is -4.05. The van der Waals surface area contributed by atoms with Gasteiger partial charge in [-0.25, -0.2) is 12.8 Å². The van der Waals surface area contributed by atoms with E-state index in [2.05, 4.69) is 5.32 Å². The molecule has 134 valence electrons. The number of carbonyl (C=O) groups excluding carboxylic acids is 2. The molecule has 0 aliphatic carbocycles. The Morgan fingerprint density at radius 2 is 1.84 bits per heavy atom. The van der Waals surface area contributed by atoms with Gasteiger partial charge in [-0.3, -0.25) is 9.59 Å². The summed E-state index contributed by atoms with van der Waals surface area (Å²) in [6.45, 7) is 5.01. The fourth-order valence-corrected chi connectivity index (χ4v) is 4.62. The number of rotatable bonds is 4. The molecule has 0 aliphatic rings. The monoisotopic (exact) mass is 384 g/mol. The summed E-state index contributed by atoms with van der Waals surface area (Å²) in [5, 5.41) is 2.57. The van der Waals surface area contributed by atoms with Gasteiger partial charge in [0.1, 0.15) is 15.0 Å². The summed E-state index contributed by atoms with van der Waals surface area (Å²) >= 11 is 0.697. The number of sulfone groups is 1. The molecule has 0 saturated carbocycles. The predicted octanol–water partition coefficient (Wildman–Crippen LogP) is 2.80. The number of amides is 2. The smallest absolute Gasteiger partial charge is 0.251 e. The number of carbonyl (C=O) groups is 2. The Labute approximate surface area is 148 Å². The van der Waals surface area contributed by atoms with E-state index in [0.717, 1.165) is 18.2 Å². The van der Waals surface area contributed by atoms with Gasteiger partial charge < -0.3 is 11.1 Å². The van der Waals surface area contributed by atoms with E-state index in [0.29, 0.717) is 11.3 Å². The minimum absolute atomic E-state index is 0.0439. The van der Waals surface area contributed by atoms with Gasteiger partial charge in [0.2, 0.25) is 15.7 Å². The Kier molecular flexibility index (Phi) is 5.01. The number of nitrogens with two attached hydrogens (primary N) is 1. The molecule has 0 aliphatic heterocycles. The molecule has 25 heavy (non-hydrogen) atoms. The van der Waals surface area contributed by atoms with Crippen molar-refractivity contribution in [3.63, 3.8) is 0 Å². The van der Waals surface area contributed by atoms with E-state index in [1.54, 1.807) is 20.8 Å². The molecule has 6 nitrogen and oxygen atoms in total. The summed E-state index contributed by atoms with van der Waals surface area (Å²) < 4.78 is 38.4. The molecule has 0 bridgehead atoms. The minimum Gasteiger partial charge on any atom is -0.366 e. The fraction of sp³-hybridized carbons (Fsp3) is 0.250. The Balaban J connectivity index is 2.52. The van der Waals surface area contributed by atoms with E-state index >= 15 is 0 Å². The average Bonchev–Trinajstić information content (AvgIpc) is 2.91. The van der Waals surface area contributed by atoms with Crippen LogP contribution in [-0.2, 0) is 14.6 Å². The van der Waals surface area contributed by atoms with Crippen LogP contribution in [0.2, 0.25) is 0 Å². The first-order chi connectivity index (χ1) is 11.4. The molecule has 0 unspecified atom stereocenters. The number of thiophene rings is 1. The molecule has 2 rings (SSSR count). The van der Waals surface area contributed by atoms with Crippen molar-refractivity contribution in [3.05, 3.63) is 41.7 Å². The van der Waals surface area contributed by atoms with Crippen molar-refractivity contribution in [2.45, 2.75) is 29.9 Å². The molecule has 0 saturated heterocycles. The van der Waals surface area contributed by atoms with Crippen LogP contribution < -0.4 is 11.1 Å². The van der Waals surface area contributed by atoms with Crippen LogP contribution in [0.3, 0.4) is 0 Å². The Bertz CT molecular complexity index is 943. The second-order valence-electron chi connectivity index (χ2n) is 6.34. The van der Waals surface area contributed by atoms with Crippen molar-refractivity contribution in [2.24, 2.45) is 11.1 Å². The third kappa shape index (κ3) is 4.05. The molecule has 2 amide bonds. The van der Waals surface area contributed by atoms with Crippen LogP contribution in [0, 0.1) is 11.2 Å². The highest BCUT2D eigenvalue weighted by Gasteiger charge is 2.28. The van der Waals surface area contributed by atoms with Gasteiger partial charge in [-0.05, 0) is 24.3 Å². The summed E-state index contributed by atoms with van der Waals surface area (Å²) in [4.78, 5) is 23.5. The van der Waals surface area contributed by atoms with Gasteiger partial charge in [0, 0.05) is 5.41 Å². The molecule has 1 aromatic heterocycles. The van der Waals surface area contributed by atoms with Crippen molar-refractivity contribution >= 4 is 38.0 Å². The molecular weight excluding hydrogens is 367 g/mol. The van der Waals surface area contributed by atoms with Crippen molar-refractivity contribution in [1.82, 2.24) is 0 Å². The van der Waals surface area contributed by atoms with Gasteiger partial charge in [0.15, 0.2) is 0 Å². The van der Waals surface area contributed by atoms with Crippen LogP contribution in [0.25, 0.3) is 0 Å². The lowest BCUT2D eigenvalue weighted by atomic mass is 9.96. The van der Waals surface area contributed by atoms with Gasteiger partial charge in [-0.15, -0.1) is 11.3 Å². The summed E-state index contributed by atoms with van der Waals surface area (Å²) in [6.07, 6.45) is 0. The van der Waals surface area contributed by atoms with Crippen LogP contribution in [0.5, 0.6) is 0 Å². The van der Waals surface area contributed by atoms with E-state index < -0.39 is 32.9 Å². The normalized spacial score (nSPS) is 12.0. The molecular formula is C16H17FN2O4S2. The average molecular weight is 384 g/mol. The molecule has 0 fully saturated rings. The van der Waals surface area contributed by atoms with Crippen molar-refractivity contribution in [3.8, 4) is 0 Å². The standard InChI is InChI=1S/C16H17FN2O4S2/c1-16(2,3)15(21)19-14-11(13(18)20)8-12(24-14)25(22,23)10-6-4-5-9(17)7-10/h4-8H,1-3H3,(H2,18,20)(H,19,21). The molecule has 2 aromatic rings. The summed E-state index contributed by atoms with van der Waals surface area (Å²) in [6, 6.07) is 5.61. The van der Waals surface area contributed by atoms with Crippen LogP contribution in [-0.4, -0.2) is 20.2 Å². The highest BCUT2D eigenvalue weighted by atomic mass is 32.2. The number of benzene rings is 1. The van der Waals surface area contributed by atoms with Gasteiger partial charge in [0.25, 0.3) is 5.91 Å². The second-order valence-corrected chi connectivity index (χ2v) is 9.57. The maximum Gasteiger partial charge on any atom is 0.251 e. The molecule has 0 radical (unpaired) electrons. The van der Waals surface area contributed by atoms with Gasteiger partial charge in [-0.2, -0.15) is 0 Å². The second kappa shape index (κ2) is 6.57. The molecule has 3 N–H and O–H groups in total. The predicted molar refractivity (Wildman–Crippen MR) is 92.8 cm³/mol. The number of hydrogen-bond donors (Lipinski definition) is 2. The van der Waals surface area contributed by atoms with E-state index in [4.69, 9.17) is 5.73 Å². The highest BCUT2D eigenvalue weighted by Crippen LogP contribution is 2.35. The van der Waals surface area contributed by atoms with Crippen molar-refractivity contribution in [2.75, 3.05) is 5.32 Å². The first-order valence-corrected chi connectivity index (χ1v) is 9.48. The number of nitrogens with one attached hydrogen (secondary N) is 1. The SMILES string of the molecule is CC(C)(C)C(=O)Nc1sc(S(=O)(=O)c2cccc(F)c2)cc1C(N)=O. The summed E-state index contributed by atoms with van der Waals surface area (Å²) in [5.74, 6) is -1.97. The minimum atomic E-state index is -4.05. The van der Waals surface area contributed by atoms with Gasteiger partial charge in [0.05, 0.1) is 10.5 Å². The number of halogens is 1. The van der Waals surface area contributed by atoms with Crippen LogP contribution in [0.4, 0.5) is 9.39 Å². The van der Waals surface area contributed by atoms with Crippen molar-refractivity contribution in [1.29, 1.82) is 0 Å². The number of anilines is 1. The lowest BCUT2D eigenvalue weighted by Crippen LogP contribution is -2.28. The lowest BCUT2D eigenvalue weighted by Gasteiger charge is -2.17. The third-order valence-corrected chi connectivity index (χ3v) is 6.53. The zero-order valence-corrected chi connectivity index (χ0v) is 15.4. The van der Waals surface area contributed by atoms with Crippen LogP contribution in [0.1, 0.15) is 31.1 Å². The zero-order chi connectivity index (χ0) is 19.0. The largest absolute Gasteiger partial charge is 0.366 e. The quantitative estimate of drug-likeness (QED) is 0.845. The molecule has 0 atom stereocenters. The molecule has 1 heterocycles. The number of hydrogen-bond acceptors (Lipinski definition) is 5. The summed E-state index contributed by atoms with van der Waals surface area (Å²) in [5.41, 5.74) is 4.42. The molecule has 1 aromatic carbocycles. The topological polar surface area (TPSA) is 106 Å². The maximum atomic E-state index is 13.3. The van der Waals surface area contributed by atoms with Crippen LogP contribution in [0.15, 0.2) is 39.4 Å². The van der Waals surface area contributed by atoms with Crippen LogP contribution >= 0.6 is 11.3 Å². The van der Waals surface area contributed by atoms with E-state index in [1.165, 1.54) is 12.1 Å². The maximum absolute atomic E-state index is 13.3. The van der Waals surface area contributed by atoms with E-state index in [-0.39, 0.29) is 19.7 Å². The lowest BCUT2D eigenvalue weighted by molar-refractivity contribution is -0.123. The highest BCUT2D eigenvalue weighted by molar-refractivity contribution is 7.93. The zero-order valence-electron chi connectivity index (χ0n) is 13.8.